The Morgan fingerprint density at radius 1 is 1.31 bits per heavy atom. The highest BCUT2D eigenvalue weighted by atomic mass is 16.2. The first-order valence-corrected chi connectivity index (χ1v) is 6.42. The molecule has 1 saturated heterocycles. The summed E-state index contributed by atoms with van der Waals surface area (Å²) in [6.45, 7) is 12.4. The minimum Gasteiger partial charge on any atom is -0.355 e. The minimum atomic E-state index is 0.164. The third-order valence-electron chi connectivity index (χ3n) is 3.55. The number of nitrogens with zero attached hydrogens (tertiary/aromatic N) is 1. The predicted octanol–water partition coefficient (Wildman–Crippen LogP) is 1.88. The van der Waals surface area contributed by atoms with E-state index < -0.39 is 0 Å². The zero-order valence-corrected chi connectivity index (χ0v) is 11.2. The van der Waals surface area contributed by atoms with Gasteiger partial charge in [-0.1, -0.05) is 20.8 Å². The number of likely N-dealkylation sites (N-methyl/N-ethyl adjacent to an activating group) is 1. The molecule has 94 valence electrons. The molecule has 0 aromatic carbocycles. The van der Waals surface area contributed by atoms with Crippen molar-refractivity contribution in [2.24, 2.45) is 11.3 Å². The van der Waals surface area contributed by atoms with Crippen LogP contribution in [-0.2, 0) is 4.79 Å². The first-order chi connectivity index (χ1) is 7.43. The molecule has 1 N–H and O–H groups in total. The molecule has 0 aromatic heterocycles. The van der Waals surface area contributed by atoms with Crippen LogP contribution in [0.1, 0.15) is 40.5 Å². The number of carbonyl (C=O) groups is 1. The quantitative estimate of drug-likeness (QED) is 0.797. The number of carbonyl (C=O) groups excluding carboxylic acids is 1. The molecule has 0 spiro atoms. The van der Waals surface area contributed by atoms with Gasteiger partial charge in [0.05, 0.1) is 6.54 Å². The summed E-state index contributed by atoms with van der Waals surface area (Å²) >= 11 is 0. The van der Waals surface area contributed by atoms with Crippen molar-refractivity contribution in [1.29, 1.82) is 0 Å². The van der Waals surface area contributed by atoms with Crippen molar-refractivity contribution in [3.8, 4) is 0 Å². The highest BCUT2D eigenvalue weighted by Crippen LogP contribution is 2.33. The molecule has 0 saturated carbocycles. The number of piperidine rings is 1. The molecule has 0 aliphatic carbocycles. The van der Waals surface area contributed by atoms with Crippen molar-refractivity contribution in [3.05, 3.63) is 0 Å². The maximum atomic E-state index is 11.4. The van der Waals surface area contributed by atoms with Gasteiger partial charge in [0.1, 0.15) is 0 Å². The van der Waals surface area contributed by atoms with Crippen LogP contribution in [0.4, 0.5) is 0 Å². The third-order valence-corrected chi connectivity index (χ3v) is 3.55. The molecule has 1 fully saturated rings. The van der Waals surface area contributed by atoms with Gasteiger partial charge in [0.2, 0.25) is 5.91 Å². The summed E-state index contributed by atoms with van der Waals surface area (Å²) in [5.41, 5.74) is 0.414. The lowest BCUT2D eigenvalue weighted by atomic mass is 9.75. The second-order valence-electron chi connectivity index (χ2n) is 5.87. The number of hydrogen-bond acceptors (Lipinski definition) is 2. The van der Waals surface area contributed by atoms with Crippen LogP contribution in [0.5, 0.6) is 0 Å². The zero-order chi connectivity index (χ0) is 12.2. The standard InChI is InChI=1S/C13H26N2O/c1-5-14-12(16)10-15-8-6-11(7-9-15)13(2,3)4/h11H,5-10H2,1-4H3,(H,14,16). The van der Waals surface area contributed by atoms with Crippen LogP contribution in [0, 0.1) is 11.3 Å². The molecular weight excluding hydrogens is 200 g/mol. The molecule has 0 atom stereocenters. The molecule has 0 aromatic rings. The van der Waals surface area contributed by atoms with E-state index in [2.05, 4.69) is 31.0 Å². The lowest BCUT2D eigenvalue weighted by molar-refractivity contribution is -0.122. The molecule has 1 heterocycles. The summed E-state index contributed by atoms with van der Waals surface area (Å²) in [5, 5.41) is 2.85. The van der Waals surface area contributed by atoms with Gasteiger partial charge in [-0.15, -0.1) is 0 Å². The fourth-order valence-electron chi connectivity index (χ4n) is 2.41. The van der Waals surface area contributed by atoms with E-state index in [1.165, 1.54) is 12.8 Å². The number of likely N-dealkylation sites (tertiary alicyclic amines) is 1. The van der Waals surface area contributed by atoms with Crippen molar-refractivity contribution >= 4 is 5.91 Å². The number of nitrogens with one attached hydrogen (secondary N) is 1. The van der Waals surface area contributed by atoms with Crippen molar-refractivity contribution in [3.63, 3.8) is 0 Å². The van der Waals surface area contributed by atoms with Crippen molar-refractivity contribution in [1.82, 2.24) is 10.2 Å². The van der Waals surface area contributed by atoms with E-state index in [0.29, 0.717) is 12.0 Å². The fourth-order valence-corrected chi connectivity index (χ4v) is 2.41. The third kappa shape index (κ3) is 4.12. The van der Waals surface area contributed by atoms with Crippen LogP contribution in [0.25, 0.3) is 0 Å². The topological polar surface area (TPSA) is 32.3 Å². The summed E-state index contributed by atoms with van der Waals surface area (Å²) in [5.74, 6) is 0.967. The Balaban J connectivity index is 2.30. The number of amides is 1. The molecule has 16 heavy (non-hydrogen) atoms. The predicted molar refractivity (Wildman–Crippen MR) is 67.3 cm³/mol. The first kappa shape index (κ1) is 13.5. The Bertz CT molecular complexity index is 225. The highest BCUT2D eigenvalue weighted by molar-refractivity contribution is 5.77. The van der Waals surface area contributed by atoms with Crippen LogP contribution in [0.3, 0.4) is 0 Å². The van der Waals surface area contributed by atoms with Gasteiger partial charge >= 0.3 is 0 Å². The molecule has 0 unspecified atom stereocenters. The molecule has 0 radical (unpaired) electrons. The maximum Gasteiger partial charge on any atom is 0.234 e. The lowest BCUT2D eigenvalue weighted by Crippen LogP contribution is -2.43. The molecule has 1 rings (SSSR count). The average molecular weight is 226 g/mol. The van der Waals surface area contributed by atoms with Gasteiger partial charge in [0, 0.05) is 6.54 Å². The Kier molecular flexibility index (Phi) is 4.78. The van der Waals surface area contributed by atoms with Gasteiger partial charge in [-0.25, -0.2) is 0 Å². The van der Waals surface area contributed by atoms with Gasteiger partial charge in [-0.2, -0.15) is 0 Å². The largest absolute Gasteiger partial charge is 0.355 e. The van der Waals surface area contributed by atoms with E-state index in [1.54, 1.807) is 0 Å². The van der Waals surface area contributed by atoms with Gasteiger partial charge in [0.15, 0.2) is 0 Å². The SMILES string of the molecule is CCNC(=O)CN1CCC(C(C)(C)C)CC1. The molecule has 3 nitrogen and oxygen atoms in total. The van der Waals surface area contributed by atoms with Gasteiger partial charge in [-0.3, -0.25) is 9.69 Å². The van der Waals surface area contributed by atoms with Gasteiger partial charge in [0.25, 0.3) is 0 Å². The molecule has 1 aliphatic heterocycles. The van der Waals surface area contributed by atoms with E-state index in [9.17, 15) is 4.79 Å². The Morgan fingerprint density at radius 2 is 1.88 bits per heavy atom. The smallest absolute Gasteiger partial charge is 0.234 e. The van der Waals surface area contributed by atoms with E-state index in [4.69, 9.17) is 0 Å². The summed E-state index contributed by atoms with van der Waals surface area (Å²) in [6.07, 6.45) is 2.45. The maximum absolute atomic E-state index is 11.4. The summed E-state index contributed by atoms with van der Waals surface area (Å²) in [7, 11) is 0. The van der Waals surface area contributed by atoms with E-state index in [0.717, 1.165) is 25.6 Å². The highest BCUT2D eigenvalue weighted by Gasteiger charge is 2.29. The van der Waals surface area contributed by atoms with Crippen LogP contribution in [0.15, 0.2) is 0 Å². The average Bonchev–Trinajstić information content (AvgIpc) is 2.17. The van der Waals surface area contributed by atoms with E-state index in [-0.39, 0.29) is 5.91 Å². The first-order valence-electron chi connectivity index (χ1n) is 6.42. The Hall–Kier alpha value is -0.570. The molecule has 3 heteroatoms. The second-order valence-corrected chi connectivity index (χ2v) is 5.87. The summed E-state index contributed by atoms with van der Waals surface area (Å²) < 4.78 is 0. The van der Waals surface area contributed by atoms with Crippen molar-refractivity contribution in [2.75, 3.05) is 26.2 Å². The zero-order valence-electron chi connectivity index (χ0n) is 11.2. The second kappa shape index (κ2) is 5.67. The molecule has 0 bridgehead atoms. The van der Waals surface area contributed by atoms with E-state index >= 15 is 0 Å². The van der Waals surface area contributed by atoms with Crippen LogP contribution < -0.4 is 5.32 Å². The van der Waals surface area contributed by atoms with Gasteiger partial charge in [-0.05, 0) is 44.2 Å². The van der Waals surface area contributed by atoms with Crippen LogP contribution in [0.2, 0.25) is 0 Å². The molecular formula is C13H26N2O. The Labute approximate surface area is 99.6 Å². The van der Waals surface area contributed by atoms with Gasteiger partial charge < -0.3 is 5.32 Å². The molecule has 1 amide bonds. The summed E-state index contributed by atoms with van der Waals surface area (Å²) in [6, 6.07) is 0. The lowest BCUT2D eigenvalue weighted by Gasteiger charge is -2.38. The number of rotatable bonds is 3. The normalized spacial score (nSPS) is 19.8. The fraction of sp³-hybridized carbons (Fsp3) is 0.923. The Morgan fingerprint density at radius 3 is 2.31 bits per heavy atom. The van der Waals surface area contributed by atoms with Crippen molar-refractivity contribution in [2.45, 2.75) is 40.5 Å². The molecule has 1 aliphatic rings. The monoisotopic (exact) mass is 226 g/mol. The summed E-state index contributed by atoms with van der Waals surface area (Å²) in [4.78, 5) is 13.7. The number of hydrogen-bond donors (Lipinski definition) is 1. The van der Waals surface area contributed by atoms with Crippen molar-refractivity contribution < 1.29 is 4.79 Å². The van der Waals surface area contributed by atoms with Crippen LogP contribution in [-0.4, -0.2) is 37.0 Å². The van der Waals surface area contributed by atoms with E-state index in [1.807, 2.05) is 6.92 Å². The minimum absolute atomic E-state index is 0.164. The van der Waals surface area contributed by atoms with Crippen LogP contribution >= 0.6 is 0 Å².